The SMILES string of the molecule is C#CC1(OC(=O)C=C(C)OC(C)=O)CCC2C3CCC4=CC(OC(C)=O)CCC4C3CCC21C. The Morgan fingerprint density at radius 3 is 2.47 bits per heavy atom. The number of ether oxygens (including phenoxy) is 3. The molecule has 0 aromatic carbocycles. The van der Waals surface area contributed by atoms with Gasteiger partial charge in [0, 0.05) is 19.3 Å². The van der Waals surface area contributed by atoms with Crippen molar-refractivity contribution >= 4 is 17.9 Å². The predicted molar refractivity (Wildman–Crippen MR) is 126 cm³/mol. The summed E-state index contributed by atoms with van der Waals surface area (Å²) >= 11 is 0. The highest BCUT2D eigenvalue weighted by atomic mass is 16.6. The Hall–Kier alpha value is -2.55. The molecule has 7 unspecified atom stereocenters. The fraction of sp³-hybridized carbons (Fsp3) is 0.679. The standard InChI is InChI=1S/C28H36O6/c1-6-28(34-26(31)15-17(2)32-18(3)29)14-12-25-24-9-7-20-16-21(33-19(4)30)8-10-22(20)23(24)11-13-27(25,28)5/h1,15-16,21-25H,7-14H2,2-5H3. The van der Waals surface area contributed by atoms with Gasteiger partial charge in [-0.05, 0) is 88.0 Å². The van der Waals surface area contributed by atoms with Crippen LogP contribution in [0.15, 0.2) is 23.5 Å². The first-order valence-corrected chi connectivity index (χ1v) is 12.5. The molecule has 4 aliphatic rings. The molecule has 4 aliphatic carbocycles. The molecular formula is C28H36O6. The first kappa shape index (κ1) is 24.6. The highest BCUT2D eigenvalue weighted by Gasteiger charge is 2.64. The fourth-order valence-electron chi connectivity index (χ4n) is 7.66. The van der Waals surface area contributed by atoms with Crippen molar-refractivity contribution in [3.8, 4) is 12.3 Å². The molecule has 4 rings (SSSR count). The monoisotopic (exact) mass is 468 g/mol. The van der Waals surface area contributed by atoms with Crippen LogP contribution in [0.3, 0.4) is 0 Å². The Kier molecular flexibility index (Phi) is 6.68. The van der Waals surface area contributed by atoms with E-state index in [1.807, 2.05) is 0 Å². The number of hydrogen-bond donors (Lipinski definition) is 0. The molecule has 0 aromatic heterocycles. The Labute approximate surface area is 202 Å². The van der Waals surface area contributed by atoms with Crippen molar-refractivity contribution in [1.82, 2.24) is 0 Å². The van der Waals surface area contributed by atoms with Gasteiger partial charge in [0.1, 0.15) is 11.9 Å². The van der Waals surface area contributed by atoms with E-state index in [2.05, 4.69) is 18.9 Å². The van der Waals surface area contributed by atoms with Gasteiger partial charge in [-0.2, -0.15) is 0 Å². The number of hydrogen-bond acceptors (Lipinski definition) is 6. The van der Waals surface area contributed by atoms with E-state index in [9.17, 15) is 14.4 Å². The molecule has 34 heavy (non-hydrogen) atoms. The van der Waals surface area contributed by atoms with Crippen LogP contribution in [0.5, 0.6) is 0 Å². The summed E-state index contributed by atoms with van der Waals surface area (Å²) in [6.45, 7) is 6.53. The van der Waals surface area contributed by atoms with Crippen LogP contribution in [-0.2, 0) is 28.6 Å². The summed E-state index contributed by atoms with van der Waals surface area (Å²) in [6.07, 6.45) is 17.1. The third-order valence-electron chi connectivity index (χ3n) is 8.98. The molecule has 0 N–H and O–H groups in total. The Morgan fingerprint density at radius 1 is 1.03 bits per heavy atom. The van der Waals surface area contributed by atoms with Crippen LogP contribution in [0.1, 0.15) is 79.1 Å². The lowest BCUT2D eigenvalue weighted by Gasteiger charge is -2.55. The van der Waals surface area contributed by atoms with Crippen LogP contribution in [0, 0.1) is 41.4 Å². The van der Waals surface area contributed by atoms with Crippen LogP contribution in [0.25, 0.3) is 0 Å². The molecule has 0 spiro atoms. The van der Waals surface area contributed by atoms with E-state index in [-0.39, 0.29) is 23.2 Å². The van der Waals surface area contributed by atoms with E-state index in [0.717, 1.165) is 44.9 Å². The fourth-order valence-corrected chi connectivity index (χ4v) is 7.66. The largest absolute Gasteiger partial charge is 0.458 e. The topological polar surface area (TPSA) is 78.9 Å². The highest BCUT2D eigenvalue weighted by molar-refractivity contribution is 5.83. The molecule has 0 bridgehead atoms. The molecule has 0 aromatic rings. The quantitative estimate of drug-likeness (QED) is 0.146. The summed E-state index contributed by atoms with van der Waals surface area (Å²) in [6, 6.07) is 0. The number of carbonyl (C=O) groups excluding carboxylic acids is 3. The molecule has 184 valence electrons. The molecule has 0 heterocycles. The number of rotatable bonds is 4. The van der Waals surface area contributed by atoms with Crippen molar-refractivity contribution in [2.45, 2.75) is 90.8 Å². The van der Waals surface area contributed by atoms with Crippen molar-refractivity contribution < 1.29 is 28.6 Å². The van der Waals surface area contributed by atoms with Gasteiger partial charge in [0.05, 0.1) is 6.08 Å². The van der Waals surface area contributed by atoms with E-state index < -0.39 is 17.5 Å². The van der Waals surface area contributed by atoms with E-state index in [4.69, 9.17) is 20.6 Å². The van der Waals surface area contributed by atoms with Gasteiger partial charge in [-0.1, -0.05) is 18.4 Å². The van der Waals surface area contributed by atoms with E-state index in [1.54, 1.807) is 6.92 Å². The normalized spacial score (nSPS) is 38.9. The lowest BCUT2D eigenvalue weighted by molar-refractivity contribution is -0.164. The highest BCUT2D eigenvalue weighted by Crippen LogP contribution is 2.65. The van der Waals surface area contributed by atoms with Crippen molar-refractivity contribution in [2.75, 3.05) is 0 Å². The number of esters is 3. The van der Waals surface area contributed by atoms with Gasteiger partial charge in [-0.3, -0.25) is 9.59 Å². The zero-order valence-electron chi connectivity index (χ0n) is 20.7. The molecule has 3 saturated carbocycles. The average Bonchev–Trinajstić information content (AvgIpc) is 3.04. The van der Waals surface area contributed by atoms with E-state index >= 15 is 0 Å². The van der Waals surface area contributed by atoms with Gasteiger partial charge in [-0.25, -0.2) is 4.79 Å². The first-order valence-electron chi connectivity index (χ1n) is 12.5. The Balaban J connectivity index is 1.51. The molecule has 3 fully saturated rings. The second kappa shape index (κ2) is 9.24. The molecule has 0 aliphatic heterocycles. The summed E-state index contributed by atoms with van der Waals surface area (Å²) in [5, 5.41) is 0. The summed E-state index contributed by atoms with van der Waals surface area (Å²) in [5.41, 5.74) is 0.231. The Bertz CT molecular complexity index is 970. The van der Waals surface area contributed by atoms with Gasteiger partial charge in [0.25, 0.3) is 0 Å². The van der Waals surface area contributed by atoms with Gasteiger partial charge >= 0.3 is 17.9 Å². The van der Waals surface area contributed by atoms with Crippen molar-refractivity contribution in [1.29, 1.82) is 0 Å². The van der Waals surface area contributed by atoms with Crippen LogP contribution < -0.4 is 0 Å². The van der Waals surface area contributed by atoms with Gasteiger partial charge in [-0.15, -0.1) is 6.42 Å². The third kappa shape index (κ3) is 4.30. The minimum Gasteiger partial charge on any atom is -0.458 e. The van der Waals surface area contributed by atoms with Gasteiger partial charge < -0.3 is 14.2 Å². The zero-order valence-corrected chi connectivity index (χ0v) is 20.7. The minimum absolute atomic E-state index is 0.0855. The van der Waals surface area contributed by atoms with Crippen molar-refractivity contribution in [3.63, 3.8) is 0 Å². The lowest BCUT2D eigenvalue weighted by atomic mass is 9.50. The molecule has 0 saturated heterocycles. The summed E-state index contributed by atoms with van der Waals surface area (Å²) in [5.74, 6) is 3.95. The Morgan fingerprint density at radius 2 is 1.79 bits per heavy atom. The molecular weight excluding hydrogens is 432 g/mol. The molecule has 6 heteroatoms. The minimum atomic E-state index is -0.949. The maximum absolute atomic E-state index is 12.7. The summed E-state index contributed by atoms with van der Waals surface area (Å²) in [7, 11) is 0. The molecule has 7 atom stereocenters. The summed E-state index contributed by atoms with van der Waals surface area (Å²) in [4.78, 5) is 35.3. The van der Waals surface area contributed by atoms with Crippen LogP contribution >= 0.6 is 0 Å². The maximum Gasteiger partial charge on any atom is 0.335 e. The average molecular weight is 469 g/mol. The second-order valence-corrected chi connectivity index (χ2v) is 10.8. The molecule has 6 nitrogen and oxygen atoms in total. The lowest BCUT2D eigenvalue weighted by Crippen LogP contribution is -2.53. The number of terminal acetylenes is 1. The third-order valence-corrected chi connectivity index (χ3v) is 8.98. The van der Waals surface area contributed by atoms with Crippen molar-refractivity contribution in [3.05, 3.63) is 23.5 Å². The van der Waals surface area contributed by atoms with E-state index in [1.165, 1.54) is 25.5 Å². The van der Waals surface area contributed by atoms with Crippen LogP contribution in [-0.4, -0.2) is 29.6 Å². The van der Waals surface area contributed by atoms with Gasteiger partial charge in [0.15, 0.2) is 5.60 Å². The van der Waals surface area contributed by atoms with E-state index in [0.29, 0.717) is 30.1 Å². The predicted octanol–water partition coefficient (Wildman–Crippen LogP) is 4.87. The number of carbonyl (C=O) groups is 3. The first-order chi connectivity index (χ1) is 16.1. The zero-order chi connectivity index (χ0) is 24.7. The van der Waals surface area contributed by atoms with Gasteiger partial charge in [0.2, 0.25) is 0 Å². The van der Waals surface area contributed by atoms with Crippen molar-refractivity contribution in [2.24, 2.45) is 29.1 Å². The maximum atomic E-state index is 12.7. The van der Waals surface area contributed by atoms with Crippen LogP contribution in [0.2, 0.25) is 0 Å². The number of fused-ring (bicyclic) bond motifs is 5. The summed E-state index contributed by atoms with van der Waals surface area (Å²) < 4.78 is 16.4. The van der Waals surface area contributed by atoms with Crippen LogP contribution in [0.4, 0.5) is 0 Å². The smallest absolute Gasteiger partial charge is 0.335 e. The molecule has 0 amide bonds. The molecule has 0 radical (unpaired) electrons. The second-order valence-electron chi connectivity index (χ2n) is 10.8. The number of allylic oxidation sites excluding steroid dienone is 2.